The van der Waals surface area contributed by atoms with E-state index in [9.17, 15) is 9.59 Å². The van der Waals surface area contributed by atoms with E-state index in [1.54, 1.807) is 42.3 Å². The second kappa shape index (κ2) is 9.71. The van der Waals surface area contributed by atoms with Gasteiger partial charge in [-0.2, -0.15) is 0 Å². The number of aromatic nitrogens is 1. The van der Waals surface area contributed by atoms with Crippen LogP contribution in [0, 0.1) is 0 Å². The molecule has 27 heavy (non-hydrogen) atoms. The fourth-order valence-electron chi connectivity index (χ4n) is 2.49. The summed E-state index contributed by atoms with van der Waals surface area (Å²) in [7, 11) is 1.74. The number of unbranched alkanes of at least 4 members (excludes halogenated alkanes) is 1. The molecular formula is C21H27N3O3. The average molecular weight is 369 g/mol. The number of benzene rings is 1. The van der Waals surface area contributed by atoms with E-state index in [1.807, 2.05) is 26.0 Å². The lowest BCUT2D eigenvalue weighted by atomic mass is 10.2. The van der Waals surface area contributed by atoms with Crippen LogP contribution in [0.15, 0.2) is 42.5 Å². The monoisotopic (exact) mass is 369 g/mol. The van der Waals surface area contributed by atoms with E-state index in [1.165, 1.54) is 0 Å². The van der Waals surface area contributed by atoms with Gasteiger partial charge in [0.25, 0.3) is 11.8 Å². The molecule has 6 heteroatoms. The van der Waals surface area contributed by atoms with Gasteiger partial charge in [0.2, 0.25) is 0 Å². The van der Waals surface area contributed by atoms with Gasteiger partial charge in [-0.25, -0.2) is 4.98 Å². The molecule has 1 aromatic heterocycles. The molecule has 2 aromatic rings. The van der Waals surface area contributed by atoms with Gasteiger partial charge in [-0.1, -0.05) is 31.5 Å². The number of ether oxygens (including phenoxy) is 1. The molecule has 1 aromatic carbocycles. The number of pyridine rings is 1. The van der Waals surface area contributed by atoms with Crippen molar-refractivity contribution < 1.29 is 14.3 Å². The van der Waals surface area contributed by atoms with Gasteiger partial charge in [0.05, 0.1) is 11.8 Å². The Morgan fingerprint density at radius 1 is 1.11 bits per heavy atom. The molecule has 0 spiro atoms. The summed E-state index contributed by atoms with van der Waals surface area (Å²) in [6.45, 7) is 6.57. The molecule has 0 radical (unpaired) electrons. The molecule has 0 aliphatic rings. The van der Waals surface area contributed by atoms with E-state index in [0.717, 1.165) is 12.8 Å². The summed E-state index contributed by atoms with van der Waals surface area (Å²) < 4.78 is 5.72. The largest absolute Gasteiger partial charge is 0.489 e. The third kappa shape index (κ3) is 5.81. The Kier molecular flexibility index (Phi) is 7.34. The van der Waals surface area contributed by atoms with E-state index < -0.39 is 0 Å². The zero-order chi connectivity index (χ0) is 19.8. The van der Waals surface area contributed by atoms with Crippen molar-refractivity contribution in [2.75, 3.05) is 18.9 Å². The van der Waals surface area contributed by atoms with E-state index >= 15 is 0 Å². The Hall–Kier alpha value is -2.89. The lowest BCUT2D eigenvalue weighted by molar-refractivity contribution is 0.0787. The Bertz CT molecular complexity index is 790. The van der Waals surface area contributed by atoms with Crippen LogP contribution >= 0.6 is 0 Å². The predicted octanol–water partition coefficient (Wildman–Crippen LogP) is 3.99. The summed E-state index contributed by atoms with van der Waals surface area (Å²) in [4.78, 5) is 31.0. The van der Waals surface area contributed by atoms with Gasteiger partial charge in [0.1, 0.15) is 17.1 Å². The van der Waals surface area contributed by atoms with Gasteiger partial charge in [0.15, 0.2) is 0 Å². The first-order valence-corrected chi connectivity index (χ1v) is 9.22. The maximum atomic E-state index is 12.6. The van der Waals surface area contributed by atoms with Crippen LogP contribution in [0.3, 0.4) is 0 Å². The smallest absolute Gasteiger partial charge is 0.274 e. The third-order valence-corrected chi connectivity index (χ3v) is 3.89. The summed E-state index contributed by atoms with van der Waals surface area (Å²) in [5.74, 6) is 0.00897. The van der Waals surface area contributed by atoms with Crippen molar-refractivity contribution in [2.24, 2.45) is 0 Å². The molecule has 1 heterocycles. The first kappa shape index (κ1) is 20.4. The number of carbonyl (C=O) groups excluding carboxylic acids is 2. The number of anilines is 1. The van der Waals surface area contributed by atoms with Crippen LogP contribution in [0.25, 0.3) is 0 Å². The Balaban J connectivity index is 2.15. The number of amides is 2. The number of carbonyl (C=O) groups is 2. The number of nitrogens with zero attached hydrogens (tertiary/aromatic N) is 2. The van der Waals surface area contributed by atoms with Crippen LogP contribution in [0.4, 0.5) is 5.69 Å². The topological polar surface area (TPSA) is 71.5 Å². The maximum absolute atomic E-state index is 12.6. The van der Waals surface area contributed by atoms with Crippen molar-refractivity contribution in [3.8, 4) is 5.75 Å². The quantitative estimate of drug-likeness (QED) is 0.764. The summed E-state index contributed by atoms with van der Waals surface area (Å²) in [5, 5.41) is 2.81. The highest BCUT2D eigenvalue weighted by molar-refractivity contribution is 6.04. The van der Waals surface area contributed by atoms with Crippen molar-refractivity contribution in [2.45, 2.75) is 39.7 Å². The summed E-state index contributed by atoms with van der Waals surface area (Å²) in [5.41, 5.74) is 1.01. The van der Waals surface area contributed by atoms with E-state index in [2.05, 4.69) is 17.2 Å². The summed E-state index contributed by atoms with van der Waals surface area (Å²) >= 11 is 0. The zero-order valence-electron chi connectivity index (χ0n) is 16.4. The van der Waals surface area contributed by atoms with Gasteiger partial charge in [0, 0.05) is 13.6 Å². The third-order valence-electron chi connectivity index (χ3n) is 3.89. The number of hydrogen-bond acceptors (Lipinski definition) is 4. The van der Waals surface area contributed by atoms with Gasteiger partial charge in [-0.05, 0) is 44.5 Å². The fourth-order valence-corrected chi connectivity index (χ4v) is 2.49. The molecule has 1 N–H and O–H groups in total. The Morgan fingerprint density at radius 3 is 2.52 bits per heavy atom. The lowest BCUT2D eigenvalue weighted by Gasteiger charge is -2.17. The van der Waals surface area contributed by atoms with E-state index in [0.29, 0.717) is 18.0 Å². The molecule has 0 aliphatic heterocycles. The molecular weight excluding hydrogens is 342 g/mol. The van der Waals surface area contributed by atoms with Gasteiger partial charge in [-0.15, -0.1) is 0 Å². The Morgan fingerprint density at radius 2 is 1.81 bits per heavy atom. The highest BCUT2D eigenvalue weighted by atomic mass is 16.5. The average Bonchev–Trinajstić information content (AvgIpc) is 2.66. The molecule has 0 atom stereocenters. The molecule has 2 rings (SSSR count). The van der Waals surface area contributed by atoms with Crippen molar-refractivity contribution in [3.63, 3.8) is 0 Å². The predicted molar refractivity (Wildman–Crippen MR) is 106 cm³/mol. The minimum absolute atomic E-state index is 0.0132. The molecule has 0 saturated carbocycles. The number of para-hydroxylation sites is 2. The number of nitrogens with one attached hydrogen (secondary N) is 1. The summed E-state index contributed by atoms with van der Waals surface area (Å²) in [6, 6.07) is 12.1. The van der Waals surface area contributed by atoms with Crippen molar-refractivity contribution in [1.82, 2.24) is 9.88 Å². The summed E-state index contributed by atoms with van der Waals surface area (Å²) in [6.07, 6.45) is 1.92. The maximum Gasteiger partial charge on any atom is 0.274 e. The normalized spacial score (nSPS) is 10.6. The van der Waals surface area contributed by atoms with E-state index in [-0.39, 0.29) is 29.3 Å². The van der Waals surface area contributed by atoms with Gasteiger partial charge < -0.3 is 15.0 Å². The first-order valence-electron chi connectivity index (χ1n) is 9.22. The highest BCUT2D eigenvalue weighted by Crippen LogP contribution is 2.25. The van der Waals surface area contributed by atoms with Gasteiger partial charge in [-0.3, -0.25) is 9.59 Å². The standard InChI is InChI=1S/C21H27N3O3/c1-5-6-14-24(4)21(26)18-12-9-11-17(22-18)20(25)23-16-10-7-8-13-19(16)27-15(2)3/h7-13,15H,5-6,14H2,1-4H3,(H,23,25). The molecule has 0 unspecified atom stereocenters. The molecule has 2 amide bonds. The van der Waals surface area contributed by atoms with Crippen molar-refractivity contribution >= 4 is 17.5 Å². The minimum atomic E-state index is -0.388. The van der Waals surface area contributed by atoms with Crippen LogP contribution in [-0.4, -0.2) is 41.4 Å². The van der Waals surface area contributed by atoms with Crippen molar-refractivity contribution in [1.29, 1.82) is 0 Å². The highest BCUT2D eigenvalue weighted by Gasteiger charge is 2.16. The Labute approximate surface area is 160 Å². The molecule has 0 bridgehead atoms. The van der Waals surface area contributed by atoms with Crippen LogP contribution in [0.2, 0.25) is 0 Å². The van der Waals surface area contributed by atoms with E-state index in [4.69, 9.17) is 4.74 Å². The molecule has 144 valence electrons. The molecule has 6 nitrogen and oxygen atoms in total. The first-order chi connectivity index (χ1) is 12.9. The zero-order valence-corrected chi connectivity index (χ0v) is 16.4. The van der Waals surface area contributed by atoms with Crippen LogP contribution in [0.1, 0.15) is 54.6 Å². The lowest BCUT2D eigenvalue weighted by Crippen LogP contribution is -2.29. The minimum Gasteiger partial charge on any atom is -0.489 e. The van der Waals surface area contributed by atoms with Crippen LogP contribution in [0.5, 0.6) is 5.75 Å². The fraction of sp³-hybridized carbons (Fsp3) is 0.381. The second-order valence-electron chi connectivity index (χ2n) is 6.61. The number of hydrogen-bond donors (Lipinski definition) is 1. The van der Waals surface area contributed by atoms with Crippen molar-refractivity contribution in [3.05, 3.63) is 53.9 Å². The second-order valence-corrected chi connectivity index (χ2v) is 6.61. The molecule has 0 fully saturated rings. The van der Waals surface area contributed by atoms with Crippen LogP contribution < -0.4 is 10.1 Å². The number of rotatable bonds is 8. The molecule has 0 aliphatic carbocycles. The van der Waals surface area contributed by atoms with Crippen LogP contribution in [-0.2, 0) is 0 Å². The van der Waals surface area contributed by atoms with Gasteiger partial charge >= 0.3 is 0 Å². The molecule has 0 saturated heterocycles. The SMILES string of the molecule is CCCCN(C)C(=O)c1cccc(C(=O)Nc2ccccc2OC(C)C)n1.